The van der Waals surface area contributed by atoms with Crippen molar-refractivity contribution in [1.82, 2.24) is 20.6 Å². The Hall–Kier alpha value is -3.75. The van der Waals surface area contributed by atoms with Gasteiger partial charge in [0.15, 0.2) is 11.5 Å². The molecule has 0 aliphatic rings. The van der Waals surface area contributed by atoms with Crippen LogP contribution in [-0.2, 0) is 6.54 Å². The highest BCUT2D eigenvalue weighted by Gasteiger charge is 2.12. The van der Waals surface area contributed by atoms with Crippen molar-refractivity contribution in [1.29, 1.82) is 0 Å². The number of aliphatic imine (C=N–C) groups is 1. The molecule has 2 amide bonds. The summed E-state index contributed by atoms with van der Waals surface area (Å²) in [6.07, 6.45) is 6.29. The minimum absolute atomic E-state index is 0.00154. The maximum Gasteiger partial charge on any atom is 0.278 e. The van der Waals surface area contributed by atoms with Crippen LogP contribution in [-0.4, -0.2) is 34.5 Å². The zero-order valence-electron chi connectivity index (χ0n) is 16.5. The number of anilines is 1. The van der Waals surface area contributed by atoms with E-state index in [4.69, 9.17) is 11.5 Å². The molecule has 0 radical (unpaired) electrons. The Balaban J connectivity index is 2.04. The van der Waals surface area contributed by atoms with Gasteiger partial charge in [0.25, 0.3) is 11.8 Å². The molecule has 1 aromatic carbocycles. The van der Waals surface area contributed by atoms with Crippen LogP contribution in [0.1, 0.15) is 45.3 Å². The minimum Gasteiger partial charge on any atom is -0.403 e. The molecule has 1 aromatic heterocycles. The first-order valence-corrected chi connectivity index (χ1v) is 9.13. The van der Waals surface area contributed by atoms with Crippen molar-refractivity contribution in [3.05, 3.63) is 64.9 Å². The van der Waals surface area contributed by atoms with Gasteiger partial charge >= 0.3 is 0 Å². The van der Waals surface area contributed by atoms with E-state index in [2.05, 4.69) is 25.6 Å². The highest BCUT2D eigenvalue weighted by molar-refractivity contribution is 6.00. The van der Waals surface area contributed by atoms with E-state index in [-0.39, 0.29) is 23.1 Å². The Labute approximate surface area is 169 Å². The third kappa shape index (κ3) is 6.42. The second-order valence-electron chi connectivity index (χ2n) is 6.30. The van der Waals surface area contributed by atoms with Crippen LogP contribution < -0.4 is 22.1 Å². The van der Waals surface area contributed by atoms with Crippen LogP contribution in [0, 0.1) is 6.92 Å². The van der Waals surface area contributed by atoms with Crippen molar-refractivity contribution in [2.75, 3.05) is 12.3 Å². The number of hydrogen-bond acceptors (Lipinski definition) is 7. The average Bonchev–Trinajstić information content (AvgIpc) is 2.71. The maximum atomic E-state index is 12.2. The van der Waals surface area contributed by atoms with Crippen LogP contribution in [0.2, 0.25) is 0 Å². The Kier molecular flexibility index (Phi) is 7.84. The number of rotatable bonds is 8. The van der Waals surface area contributed by atoms with Gasteiger partial charge in [0.1, 0.15) is 0 Å². The molecule has 2 aromatic rings. The fourth-order valence-corrected chi connectivity index (χ4v) is 2.51. The Morgan fingerprint density at radius 3 is 2.62 bits per heavy atom. The summed E-state index contributed by atoms with van der Waals surface area (Å²) in [5.74, 6) is -0.631. The molecule has 9 heteroatoms. The molecule has 0 bridgehead atoms. The molecule has 0 atom stereocenters. The second-order valence-corrected chi connectivity index (χ2v) is 6.30. The molecule has 152 valence electrons. The number of carbonyl (C=O) groups excluding carboxylic acids is 2. The van der Waals surface area contributed by atoms with E-state index in [1.807, 2.05) is 26.0 Å². The first kappa shape index (κ1) is 21.5. The lowest BCUT2D eigenvalue weighted by Crippen LogP contribution is -2.26. The van der Waals surface area contributed by atoms with Gasteiger partial charge in [-0.15, -0.1) is 0 Å². The van der Waals surface area contributed by atoms with E-state index in [1.54, 1.807) is 6.07 Å². The Morgan fingerprint density at radius 2 is 1.93 bits per heavy atom. The molecule has 2 rings (SSSR count). The monoisotopic (exact) mass is 395 g/mol. The third-order valence-electron chi connectivity index (χ3n) is 3.82. The number of nitrogen functional groups attached to an aromatic ring is 1. The molecular weight excluding hydrogens is 370 g/mol. The van der Waals surface area contributed by atoms with Crippen molar-refractivity contribution >= 4 is 23.8 Å². The fourth-order valence-electron chi connectivity index (χ4n) is 2.51. The first-order chi connectivity index (χ1) is 13.9. The number of amides is 2. The Bertz CT molecular complexity index is 938. The summed E-state index contributed by atoms with van der Waals surface area (Å²) in [7, 11) is 0. The van der Waals surface area contributed by atoms with E-state index in [9.17, 15) is 9.59 Å². The summed E-state index contributed by atoms with van der Waals surface area (Å²) in [6, 6.07) is 5.56. The molecule has 0 fully saturated rings. The molecule has 0 saturated carbocycles. The number of hydrogen-bond donors (Lipinski definition) is 4. The largest absolute Gasteiger partial charge is 0.403 e. The lowest BCUT2D eigenvalue weighted by Gasteiger charge is -2.08. The van der Waals surface area contributed by atoms with Gasteiger partial charge < -0.3 is 22.1 Å². The van der Waals surface area contributed by atoms with Gasteiger partial charge in [-0.25, -0.2) is 9.97 Å². The summed E-state index contributed by atoms with van der Waals surface area (Å²) in [5, 5.41) is 5.43. The van der Waals surface area contributed by atoms with Gasteiger partial charge in [-0.2, -0.15) is 0 Å². The van der Waals surface area contributed by atoms with Crippen LogP contribution in [0.4, 0.5) is 5.82 Å². The lowest BCUT2D eigenvalue weighted by atomic mass is 10.1. The average molecular weight is 395 g/mol. The quantitative estimate of drug-likeness (QED) is 0.495. The molecular formula is C20H25N7O2. The lowest BCUT2D eigenvalue weighted by molar-refractivity contribution is 0.0949. The van der Waals surface area contributed by atoms with Crippen LogP contribution in [0.5, 0.6) is 0 Å². The zero-order chi connectivity index (χ0) is 21.2. The second kappa shape index (κ2) is 10.5. The highest BCUT2D eigenvalue weighted by Crippen LogP contribution is 2.11. The van der Waals surface area contributed by atoms with Crippen molar-refractivity contribution in [3.63, 3.8) is 0 Å². The van der Waals surface area contributed by atoms with Crippen molar-refractivity contribution in [3.8, 4) is 0 Å². The molecule has 29 heavy (non-hydrogen) atoms. The smallest absolute Gasteiger partial charge is 0.278 e. The van der Waals surface area contributed by atoms with E-state index in [0.717, 1.165) is 17.5 Å². The number of aromatic nitrogens is 2. The molecule has 0 spiro atoms. The number of nitrogens with two attached hydrogens (primary N) is 2. The number of carbonyl (C=O) groups is 2. The molecule has 9 nitrogen and oxygen atoms in total. The van der Waals surface area contributed by atoms with Crippen molar-refractivity contribution < 1.29 is 9.59 Å². The van der Waals surface area contributed by atoms with E-state index in [0.29, 0.717) is 18.7 Å². The van der Waals surface area contributed by atoms with Crippen LogP contribution >= 0.6 is 0 Å². The maximum absolute atomic E-state index is 12.2. The number of allylic oxidation sites excluding steroid dienone is 1. The number of benzene rings is 1. The van der Waals surface area contributed by atoms with E-state index in [1.165, 1.54) is 24.8 Å². The third-order valence-corrected chi connectivity index (χ3v) is 3.82. The molecule has 6 N–H and O–H groups in total. The van der Waals surface area contributed by atoms with Crippen molar-refractivity contribution in [2.24, 2.45) is 10.7 Å². The van der Waals surface area contributed by atoms with Crippen LogP contribution in [0.25, 0.3) is 0 Å². The first-order valence-electron chi connectivity index (χ1n) is 9.13. The minimum atomic E-state index is -0.538. The summed E-state index contributed by atoms with van der Waals surface area (Å²) in [4.78, 5) is 36.4. The molecule has 0 aliphatic heterocycles. The molecule has 0 aliphatic carbocycles. The van der Waals surface area contributed by atoms with Gasteiger partial charge in [-0.05, 0) is 36.6 Å². The van der Waals surface area contributed by atoms with Gasteiger partial charge in [0, 0.05) is 36.9 Å². The summed E-state index contributed by atoms with van der Waals surface area (Å²) >= 11 is 0. The molecule has 0 saturated heterocycles. The number of nitrogens with one attached hydrogen (secondary N) is 2. The van der Waals surface area contributed by atoms with Gasteiger partial charge in [0.05, 0.1) is 12.2 Å². The normalized spacial score (nSPS) is 11.4. The van der Waals surface area contributed by atoms with E-state index < -0.39 is 5.91 Å². The van der Waals surface area contributed by atoms with Crippen molar-refractivity contribution in [2.45, 2.75) is 26.8 Å². The van der Waals surface area contributed by atoms with Crippen LogP contribution in [0.15, 0.2) is 47.5 Å². The molecule has 0 unspecified atom stereocenters. The number of nitrogens with zero attached hydrogens (tertiary/aromatic N) is 3. The zero-order valence-corrected chi connectivity index (χ0v) is 16.5. The topological polar surface area (TPSA) is 148 Å². The predicted octanol–water partition coefficient (Wildman–Crippen LogP) is 1.31. The van der Waals surface area contributed by atoms with Gasteiger partial charge in [-0.3, -0.25) is 14.6 Å². The van der Waals surface area contributed by atoms with Crippen LogP contribution in [0.3, 0.4) is 0 Å². The summed E-state index contributed by atoms with van der Waals surface area (Å²) in [6.45, 7) is 4.86. The van der Waals surface area contributed by atoms with Gasteiger partial charge in [0.2, 0.25) is 0 Å². The number of aryl methyl sites for hydroxylation is 1. The molecule has 1 heterocycles. The van der Waals surface area contributed by atoms with E-state index >= 15 is 0 Å². The summed E-state index contributed by atoms with van der Waals surface area (Å²) in [5.41, 5.74) is 13.9. The Morgan fingerprint density at radius 1 is 1.17 bits per heavy atom. The van der Waals surface area contributed by atoms with Gasteiger partial charge in [-0.1, -0.05) is 13.0 Å². The summed E-state index contributed by atoms with van der Waals surface area (Å²) < 4.78 is 0. The predicted molar refractivity (Wildman–Crippen MR) is 112 cm³/mol. The highest BCUT2D eigenvalue weighted by atomic mass is 16.2. The SMILES string of the molecule is CCCNC(=O)c1cc(C)cc(CN=C/C(=C\N)NC(=O)c2nccnc2N)c1. The fraction of sp³-hybridized carbons (Fsp3) is 0.250. The standard InChI is InChI=1S/C20H25N7O2/c1-3-4-26-19(28)15-8-13(2)7-14(9-15)11-23-12-16(10-21)27-20(29)17-18(22)25-6-5-24-17/h5-10,12H,3-4,11,21H2,1-2H3,(H2,22,25)(H,26,28)(H,27,29)/b16-10+,23-12?.